The fourth-order valence-electron chi connectivity index (χ4n) is 2.18. The van der Waals surface area contributed by atoms with Crippen molar-refractivity contribution in [1.29, 1.82) is 0 Å². The van der Waals surface area contributed by atoms with E-state index in [1.165, 1.54) is 16.9 Å². The lowest BCUT2D eigenvalue weighted by Crippen LogP contribution is -2.22. The molecule has 0 saturated heterocycles. The smallest absolute Gasteiger partial charge is 0.304 e. The lowest BCUT2D eigenvalue weighted by molar-refractivity contribution is 0.326. The first kappa shape index (κ1) is 11.5. The molecule has 0 saturated carbocycles. The second kappa shape index (κ2) is 4.96. The number of ether oxygens (including phenoxy) is 1. The molecule has 1 aliphatic heterocycles. The summed E-state index contributed by atoms with van der Waals surface area (Å²) in [5.41, 5.74) is 2.21. The normalized spacial score (nSPS) is 17.4. The minimum absolute atomic E-state index is 0.00125. The Labute approximate surface area is 109 Å². The highest BCUT2D eigenvalue weighted by molar-refractivity contribution is 7.07. The third-order valence-corrected chi connectivity index (χ3v) is 3.79. The van der Waals surface area contributed by atoms with Crippen LogP contribution in [0.2, 0.25) is 0 Å². The maximum atomic E-state index is 11.0. The van der Waals surface area contributed by atoms with Crippen molar-refractivity contribution >= 4 is 11.3 Å². The number of para-hydroxylation sites is 1. The quantitative estimate of drug-likeness (QED) is 0.882. The summed E-state index contributed by atoms with van der Waals surface area (Å²) in [7, 11) is 0. The van der Waals surface area contributed by atoms with Crippen LogP contribution in [0.15, 0.2) is 34.4 Å². The molecule has 1 unspecified atom stereocenters. The van der Waals surface area contributed by atoms with Crippen molar-refractivity contribution in [2.75, 3.05) is 13.2 Å². The number of hydrogen-bond acceptors (Lipinski definition) is 4. The lowest BCUT2D eigenvalue weighted by atomic mass is 10.0. The largest absolute Gasteiger partial charge is 0.493 e. The van der Waals surface area contributed by atoms with Gasteiger partial charge in [0.25, 0.3) is 0 Å². The maximum Gasteiger partial charge on any atom is 0.304 e. The predicted octanol–water partition coefficient (Wildman–Crippen LogP) is 1.70. The van der Waals surface area contributed by atoms with Crippen molar-refractivity contribution in [2.45, 2.75) is 12.5 Å². The Balaban J connectivity index is 1.57. The maximum absolute atomic E-state index is 11.0. The Morgan fingerprint density at radius 3 is 3.17 bits per heavy atom. The van der Waals surface area contributed by atoms with E-state index in [9.17, 15) is 4.79 Å². The first-order valence-corrected chi connectivity index (χ1v) is 6.80. The molecular formula is C13H14N2O2S. The van der Waals surface area contributed by atoms with Gasteiger partial charge >= 0.3 is 4.87 Å². The fraction of sp³-hybridized carbons (Fsp3) is 0.308. The van der Waals surface area contributed by atoms with Crippen molar-refractivity contribution in [2.24, 2.45) is 0 Å². The van der Waals surface area contributed by atoms with E-state index in [4.69, 9.17) is 4.74 Å². The summed E-state index contributed by atoms with van der Waals surface area (Å²) in [6.07, 6.45) is 0. The highest BCUT2D eigenvalue weighted by Gasteiger charge is 2.22. The number of rotatable bonds is 4. The number of thiazole rings is 1. The average molecular weight is 262 g/mol. The summed E-state index contributed by atoms with van der Waals surface area (Å²) in [5.74, 6) is 1.39. The number of aromatic amines is 1. The zero-order valence-corrected chi connectivity index (χ0v) is 10.6. The predicted molar refractivity (Wildman–Crippen MR) is 71.3 cm³/mol. The van der Waals surface area contributed by atoms with Crippen LogP contribution >= 0.6 is 11.3 Å². The first-order valence-electron chi connectivity index (χ1n) is 5.92. The zero-order chi connectivity index (χ0) is 12.4. The summed E-state index contributed by atoms with van der Waals surface area (Å²) in [6, 6.07) is 8.15. The van der Waals surface area contributed by atoms with Gasteiger partial charge in [0.05, 0.1) is 6.61 Å². The highest BCUT2D eigenvalue weighted by atomic mass is 32.1. The Hall–Kier alpha value is -1.59. The molecule has 5 heteroatoms. The second-order valence-electron chi connectivity index (χ2n) is 4.35. The van der Waals surface area contributed by atoms with Gasteiger partial charge in [0.2, 0.25) is 0 Å². The lowest BCUT2D eigenvalue weighted by Gasteiger charge is -2.09. The standard InChI is InChI=1S/C13H14N2O2S/c16-13-15-10(8-18-13)6-14-5-9-7-17-12-4-2-1-3-11(9)12/h1-4,8-9,14H,5-7H2,(H,15,16). The third-order valence-electron chi connectivity index (χ3n) is 3.08. The van der Waals surface area contributed by atoms with Crippen LogP contribution in [0.5, 0.6) is 5.75 Å². The third kappa shape index (κ3) is 2.32. The molecule has 0 fully saturated rings. The molecule has 1 atom stereocenters. The van der Waals surface area contributed by atoms with Crippen molar-refractivity contribution in [3.63, 3.8) is 0 Å². The van der Waals surface area contributed by atoms with Crippen LogP contribution in [0.4, 0.5) is 0 Å². The van der Waals surface area contributed by atoms with Crippen molar-refractivity contribution in [3.05, 3.63) is 50.6 Å². The van der Waals surface area contributed by atoms with Gasteiger partial charge in [-0.2, -0.15) is 0 Å². The minimum atomic E-state index is 0.00125. The van der Waals surface area contributed by atoms with Gasteiger partial charge in [-0.25, -0.2) is 0 Å². The summed E-state index contributed by atoms with van der Waals surface area (Å²) in [4.78, 5) is 13.8. The highest BCUT2D eigenvalue weighted by Crippen LogP contribution is 2.32. The van der Waals surface area contributed by atoms with E-state index in [0.717, 1.165) is 24.6 Å². The van der Waals surface area contributed by atoms with Crippen LogP contribution in [0, 0.1) is 0 Å². The van der Waals surface area contributed by atoms with Crippen LogP contribution < -0.4 is 14.9 Å². The Bertz CT molecular complexity index is 590. The van der Waals surface area contributed by atoms with Crippen molar-refractivity contribution in [3.8, 4) is 5.75 Å². The molecule has 1 aromatic heterocycles. The molecule has 2 N–H and O–H groups in total. The van der Waals surface area contributed by atoms with Crippen LogP contribution in [-0.4, -0.2) is 18.1 Å². The molecule has 0 radical (unpaired) electrons. The van der Waals surface area contributed by atoms with E-state index in [0.29, 0.717) is 12.5 Å². The number of fused-ring (bicyclic) bond motifs is 1. The van der Waals surface area contributed by atoms with Gasteiger partial charge in [0.1, 0.15) is 5.75 Å². The monoisotopic (exact) mass is 262 g/mol. The molecule has 94 valence electrons. The number of aromatic nitrogens is 1. The Morgan fingerprint density at radius 1 is 1.44 bits per heavy atom. The van der Waals surface area contributed by atoms with Crippen LogP contribution in [0.3, 0.4) is 0 Å². The van der Waals surface area contributed by atoms with Gasteiger partial charge in [-0.15, -0.1) is 0 Å². The minimum Gasteiger partial charge on any atom is -0.493 e. The summed E-state index contributed by atoms with van der Waals surface area (Å²) >= 11 is 1.20. The van der Waals surface area contributed by atoms with E-state index in [2.05, 4.69) is 16.4 Å². The zero-order valence-electron chi connectivity index (χ0n) is 9.81. The average Bonchev–Trinajstić information content (AvgIpc) is 2.97. The molecule has 0 aliphatic carbocycles. The molecule has 0 spiro atoms. The Morgan fingerprint density at radius 2 is 2.33 bits per heavy atom. The molecule has 2 aromatic rings. The van der Waals surface area contributed by atoms with E-state index in [1.54, 1.807) is 0 Å². The number of benzene rings is 1. The molecule has 1 aliphatic rings. The molecule has 18 heavy (non-hydrogen) atoms. The van der Waals surface area contributed by atoms with Crippen molar-refractivity contribution < 1.29 is 4.74 Å². The molecule has 3 rings (SSSR count). The number of hydrogen-bond donors (Lipinski definition) is 2. The van der Waals surface area contributed by atoms with Gasteiger partial charge < -0.3 is 15.0 Å². The van der Waals surface area contributed by atoms with Gasteiger partial charge in [-0.05, 0) is 6.07 Å². The molecular weight excluding hydrogens is 248 g/mol. The molecule has 1 aromatic carbocycles. The van der Waals surface area contributed by atoms with E-state index < -0.39 is 0 Å². The molecule has 0 bridgehead atoms. The van der Waals surface area contributed by atoms with E-state index in [-0.39, 0.29) is 4.87 Å². The van der Waals surface area contributed by atoms with E-state index in [1.807, 2.05) is 23.6 Å². The van der Waals surface area contributed by atoms with Crippen LogP contribution in [0.1, 0.15) is 17.2 Å². The summed E-state index contributed by atoms with van der Waals surface area (Å²) in [5, 5.41) is 5.21. The fourth-order valence-corrected chi connectivity index (χ4v) is 2.76. The van der Waals surface area contributed by atoms with Gasteiger partial charge in [-0.1, -0.05) is 29.5 Å². The Kier molecular flexibility index (Phi) is 3.17. The van der Waals surface area contributed by atoms with Crippen molar-refractivity contribution in [1.82, 2.24) is 10.3 Å². The molecule has 4 nitrogen and oxygen atoms in total. The molecule has 0 amide bonds. The van der Waals surface area contributed by atoms with Gasteiger partial charge in [-0.3, -0.25) is 4.79 Å². The van der Waals surface area contributed by atoms with Gasteiger partial charge in [0, 0.05) is 35.6 Å². The first-order chi connectivity index (χ1) is 8.83. The number of H-pyrrole nitrogens is 1. The van der Waals surface area contributed by atoms with Gasteiger partial charge in [0.15, 0.2) is 0 Å². The van der Waals surface area contributed by atoms with Crippen LogP contribution in [-0.2, 0) is 6.54 Å². The summed E-state index contributed by atoms with van der Waals surface area (Å²) < 4.78 is 5.62. The summed E-state index contributed by atoms with van der Waals surface area (Å²) in [6.45, 7) is 2.28. The topological polar surface area (TPSA) is 54.1 Å². The second-order valence-corrected chi connectivity index (χ2v) is 5.19. The SMILES string of the molecule is O=c1[nH]c(CNCC2COc3ccccc32)cs1. The van der Waals surface area contributed by atoms with E-state index >= 15 is 0 Å². The number of nitrogens with one attached hydrogen (secondary N) is 2. The van der Waals surface area contributed by atoms with Crippen LogP contribution in [0.25, 0.3) is 0 Å². The molecule has 2 heterocycles.